The lowest BCUT2D eigenvalue weighted by Crippen LogP contribution is -2.31. The quantitative estimate of drug-likeness (QED) is 0.903. The Kier molecular flexibility index (Phi) is 4.04. The van der Waals surface area contributed by atoms with Crippen LogP contribution in [0, 0.1) is 5.92 Å². The molecular formula is C14H20N2O3S. The Balaban J connectivity index is 2.25. The fraction of sp³-hybridized carbons (Fsp3) is 0.500. The zero-order chi connectivity index (χ0) is 14.9. The molecule has 0 aromatic heterocycles. The standard InChI is InChI=1S/C14H20N2O3S/c1-4-10(2)9-16-13-6-5-12(15-20(3,18)19)7-11(13)8-14(16)17/h5-7,10,15H,4,8-9H2,1-3H3/t10-/m1/s1. The summed E-state index contributed by atoms with van der Waals surface area (Å²) >= 11 is 0. The van der Waals surface area contributed by atoms with Gasteiger partial charge in [-0.2, -0.15) is 0 Å². The van der Waals surface area contributed by atoms with Crippen molar-refractivity contribution in [1.29, 1.82) is 0 Å². The van der Waals surface area contributed by atoms with Crippen molar-refractivity contribution in [1.82, 2.24) is 0 Å². The summed E-state index contributed by atoms with van der Waals surface area (Å²) in [5.74, 6) is 0.524. The highest BCUT2D eigenvalue weighted by atomic mass is 32.2. The Bertz CT molecular complexity index is 625. The first kappa shape index (κ1) is 14.8. The van der Waals surface area contributed by atoms with E-state index >= 15 is 0 Å². The summed E-state index contributed by atoms with van der Waals surface area (Å²) in [7, 11) is -3.29. The van der Waals surface area contributed by atoms with E-state index in [0.29, 0.717) is 24.6 Å². The van der Waals surface area contributed by atoms with Gasteiger partial charge < -0.3 is 4.90 Å². The van der Waals surface area contributed by atoms with Gasteiger partial charge in [0.15, 0.2) is 0 Å². The van der Waals surface area contributed by atoms with Gasteiger partial charge >= 0.3 is 0 Å². The van der Waals surface area contributed by atoms with E-state index in [1.54, 1.807) is 17.0 Å². The van der Waals surface area contributed by atoms with E-state index < -0.39 is 10.0 Å². The minimum absolute atomic E-state index is 0.0804. The molecule has 5 nitrogen and oxygen atoms in total. The van der Waals surface area contributed by atoms with Crippen LogP contribution in [0.2, 0.25) is 0 Å². The first-order chi connectivity index (χ1) is 9.30. The van der Waals surface area contributed by atoms with Crippen LogP contribution in [0.3, 0.4) is 0 Å². The van der Waals surface area contributed by atoms with Crippen molar-refractivity contribution < 1.29 is 13.2 Å². The van der Waals surface area contributed by atoms with Crippen molar-refractivity contribution in [3.05, 3.63) is 23.8 Å². The normalized spacial score (nSPS) is 16.1. The molecule has 0 bridgehead atoms. The Hall–Kier alpha value is -1.56. The maximum Gasteiger partial charge on any atom is 0.231 e. The molecule has 0 unspecified atom stereocenters. The number of benzene rings is 1. The summed E-state index contributed by atoms with van der Waals surface area (Å²) in [5.41, 5.74) is 2.28. The van der Waals surface area contributed by atoms with Gasteiger partial charge in [-0.05, 0) is 29.7 Å². The monoisotopic (exact) mass is 296 g/mol. The highest BCUT2D eigenvalue weighted by Gasteiger charge is 2.28. The SMILES string of the molecule is CC[C@@H](C)CN1C(=O)Cc2cc(NS(C)(=O)=O)ccc21. The first-order valence-electron chi connectivity index (χ1n) is 6.71. The van der Waals surface area contributed by atoms with Crippen molar-refractivity contribution in [2.75, 3.05) is 22.4 Å². The fourth-order valence-electron chi connectivity index (χ4n) is 2.30. The molecule has 0 fully saturated rings. The van der Waals surface area contributed by atoms with Crippen molar-refractivity contribution in [2.45, 2.75) is 26.7 Å². The molecular weight excluding hydrogens is 276 g/mol. The van der Waals surface area contributed by atoms with E-state index in [2.05, 4.69) is 18.6 Å². The lowest BCUT2D eigenvalue weighted by atomic mass is 10.1. The third kappa shape index (κ3) is 3.30. The number of rotatable bonds is 5. The van der Waals surface area contributed by atoms with Gasteiger partial charge in [0.05, 0.1) is 12.7 Å². The van der Waals surface area contributed by atoms with Gasteiger partial charge in [-0.25, -0.2) is 8.42 Å². The average Bonchev–Trinajstić information content (AvgIpc) is 2.63. The molecule has 1 aromatic rings. The van der Waals surface area contributed by atoms with E-state index in [9.17, 15) is 13.2 Å². The Morgan fingerprint density at radius 1 is 1.40 bits per heavy atom. The number of amides is 1. The van der Waals surface area contributed by atoms with Crippen LogP contribution in [0.1, 0.15) is 25.8 Å². The molecule has 1 amide bonds. The summed E-state index contributed by atoms with van der Waals surface area (Å²) in [5, 5.41) is 0. The average molecular weight is 296 g/mol. The molecule has 1 atom stereocenters. The minimum Gasteiger partial charge on any atom is -0.312 e. The third-order valence-electron chi connectivity index (χ3n) is 3.51. The second-order valence-corrected chi connectivity index (χ2v) is 7.16. The van der Waals surface area contributed by atoms with Crippen LogP contribution in [0.4, 0.5) is 11.4 Å². The predicted octanol–water partition coefficient (Wildman–Crippen LogP) is 1.99. The van der Waals surface area contributed by atoms with Crippen molar-refractivity contribution in [3.63, 3.8) is 0 Å². The molecule has 20 heavy (non-hydrogen) atoms. The second-order valence-electron chi connectivity index (χ2n) is 5.41. The molecule has 0 saturated heterocycles. The van der Waals surface area contributed by atoms with Gasteiger partial charge in [-0.3, -0.25) is 9.52 Å². The molecule has 1 aliphatic heterocycles. The number of carbonyl (C=O) groups excluding carboxylic acids is 1. The van der Waals surface area contributed by atoms with Crippen LogP contribution in [-0.4, -0.2) is 27.1 Å². The first-order valence-corrected chi connectivity index (χ1v) is 8.60. The Morgan fingerprint density at radius 3 is 2.70 bits per heavy atom. The fourth-order valence-corrected chi connectivity index (χ4v) is 2.86. The van der Waals surface area contributed by atoms with E-state index in [4.69, 9.17) is 0 Å². The van der Waals surface area contributed by atoms with Crippen LogP contribution in [0.5, 0.6) is 0 Å². The van der Waals surface area contributed by atoms with Gasteiger partial charge in [0.2, 0.25) is 15.9 Å². The van der Waals surface area contributed by atoms with Crippen LogP contribution in [0.15, 0.2) is 18.2 Å². The summed E-state index contributed by atoms with van der Waals surface area (Å²) in [4.78, 5) is 13.9. The Labute approximate surface area is 120 Å². The predicted molar refractivity (Wildman–Crippen MR) is 80.4 cm³/mol. The van der Waals surface area contributed by atoms with Gasteiger partial charge in [0, 0.05) is 17.9 Å². The van der Waals surface area contributed by atoms with Gasteiger partial charge in [-0.15, -0.1) is 0 Å². The molecule has 110 valence electrons. The molecule has 0 saturated carbocycles. The number of hydrogen-bond donors (Lipinski definition) is 1. The lowest BCUT2D eigenvalue weighted by molar-refractivity contribution is -0.117. The van der Waals surface area contributed by atoms with Crippen LogP contribution in [-0.2, 0) is 21.2 Å². The zero-order valence-electron chi connectivity index (χ0n) is 12.0. The summed E-state index contributed by atoms with van der Waals surface area (Å²) in [6, 6.07) is 5.25. The number of nitrogens with zero attached hydrogens (tertiary/aromatic N) is 1. The second kappa shape index (κ2) is 5.44. The minimum atomic E-state index is -3.29. The molecule has 0 spiro atoms. The van der Waals surface area contributed by atoms with E-state index in [-0.39, 0.29) is 5.91 Å². The molecule has 1 heterocycles. The number of hydrogen-bond acceptors (Lipinski definition) is 3. The highest BCUT2D eigenvalue weighted by Crippen LogP contribution is 2.32. The summed E-state index contributed by atoms with van der Waals surface area (Å²) in [6.07, 6.45) is 2.47. The molecule has 1 N–H and O–H groups in total. The van der Waals surface area contributed by atoms with Crippen LogP contribution < -0.4 is 9.62 Å². The topological polar surface area (TPSA) is 66.5 Å². The number of carbonyl (C=O) groups is 1. The number of anilines is 2. The van der Waals surface area contributed by atoms with Gasteiger partial charge in [0.1, 0.15) is 0 Å². The smallest absolute Gasteiger partial charge is 0.231 e. The summed E-state index contributed by atoms with van der Waals surface area (Å²) in [6.45, 7) is 4.93. The van der Waals surface area contributed by atoms with Crippen LogP contribution in [0.25, 0.3) is 0 Å². The van der Waals surface area contributed by atoms with Crippen molar-refractivity contribution in [3.8, 4) is 0 Å². The largest absolute Gasteiger partial charge is 0.312 e. The van der Waals surface area contributed by atoms with E-state index in [1.807, 2.05) is 6.07 Å². The molecule has 2 rings (SSSR count). The van der Waals surface area contributed by atoms with Crippen molar-refractivity contribution in [2.24, 2.45) is 5.92 Å². The lowest BCUT2D eigenvalue weighted by Gasteiger charge is -2.21. The molecule has 0 aliphatic carbocycles. The number of nitrogens with one attached hydrogen (secondary N) is 1. The van der Waals surface area contributed by atoms with Crippen molar-refractivity contribution >= 4 is 27.3 Å². The molecule has 6 heteroatoms. The maximum atomic E-state index is 12.1. The summed E-state index contributed by atoms with van der Waals surface area (Å²) < 4.78 is 24.9. The maximum absolute atomic E-state index is 12.1. The molecule has 0 radical (unpaired) electrons. The number of sulfonamides is 1. The van der Waals surface area contributed by atoms with Crippen LogP contribution >= 0.6 is 0 Å². The molecule has 1 aromatic carbocycles. The van der Waals surface area contributed by atoms with Gasteiger partial charge in [0.25, 0.3) is 0 Å². The highest BCUT2D eigenvalue weighted by molar-refractivity contribution is 7.92. The molecule has 1 aliphatic rings. The van der Waals surface area contributed by atoms with E-state index in [1.165, 1.54) is 0 Å². The van der Waals surface area contributed by atoms with Gasteiger partial charge in [-0.1, -0.05) is 20.3 Å². The third-order valence-corrected chi connectivity index (χ3v) is 4.11. The van der Waals surface area contributed by atoms with E-state index in [0.717, 1.165) is 23.9 Å². The zero-order valence-corrected chi connectivity index (χ0v) is 12.8. The Morgan fingerprint density at radius 2 is 2.10 bits per heavy atom. The number of fused-ring (bicyclic) bond motifs is 1.